The van der Waals surface area contributed by atoms with Gasteiger partial charge in [-0.25, -0.2) is 17.1 Å². The lowest BCUT2D eigenvalue weighted by Crippen LogP contribution is -2.22. The highest BCUT2D eigenvalue weighted by atomic mass is 32.2. The number of rotatable bonds is 4. The summed E-state index contributed by atoms with van der Waals surface area (Å²) in [5, 5.41) is 0. The summed E-state index contributed by atoms with van der Waals surface area (Å²) in [7, 11) is -0.673. The van der Waals surface area contributed by atoms with Gasteiger partial charge in [-0.3, -0.25) is 4.79 Å². The molecule has 3 aromatic rings. The molecule has 0 spiro atoms. The molecule has 0 aliphatic rings. The molecule has 0 unspecified atom stereocenters. The molecular weight excluding hydrogens is 389 g/mol. The summed E-state index contributed by atoms with van der Waals surface area (Å²) in [4.78, 5) is 17.2. The highest BCUT2D eigenvalue weighted by Gasteiger charge is 2.17. The molecule has 1 amide bonds. The zero-order chi connectivity index (χ0) is 19.8. The number of carbonyl (C=O) groups is 1. The minimum atomic E-state index is -3.56. The van der Waals surface area contributed by atoms with Crippen LogP contribution in [0.1, 0.15) is 17.3 Å². The van der Waals surface area contributed by atoms with Crippen LogP contribution in [-0.2, 0) is 16.6 Å². The molecule has 0 bridgehead atoms. The van der Waals surface area contributed by atoms with Crippen molar-refractivity contribution in [1.29, 1.82) is 0 Å². The Morgan fingerprint density at radius 1 is 1.19 bits per heavy atom. The maximum atomic E-state index is 13.4. The molecule has 142 valence electrons. The van der Waals surface area contributed by atoms with Crippen LogP contribution >= 0.6 is 11.3 Å². The van der Waals surface area contributed by atoms with E-state index in [1.807, 2.05) is 11.5 Å². The maximum Gasteiger partial charge on any atom is 0.279 e. The van der Waals surface area contributed by atoms with Crippen LogP contribution in [0, 0.1) is 5.82 Å². The number of sulfonamides is 1. The van der Waals surface area contributed by atoms with Crippen molar-refractivity contribution in [3.8, 4) is 0 Å². The molecule has 0 radical (unpaired) electrons. The van der Waals surface area contributed by atoms with Gasteiger partial charge in [0.1, 0.15) is 5.82 Å². The number of amides is 1. The summed E-state index contributed by atoms with van der Waals surface area (Å²) in [6.07, 6.45) is 0. The van der Waals surface area contributed by atoms with E-state index < -0.39 is 15.9 Å². The Morgan fingerprint density at radius 3 is 2.44 bits per heavy atom. The molecule has 0 atom stereocenters. The van der Waals surface area contributed by atoms with Crippen molar-refractivity contribution < 1.29 is 17.6 Å². The largest absolute Gasteiger partial charge is 0.317 e. The van der Waals surface area contributed by atoms with Crippen LogP contribution in [0.2, 0.25) is 0 Å². The van der Waals surface area contributed by atoms with Gasteiger partial charge in [0.05, 0.1) is 15.1 Å². The van der Waals surface area contributed by atoms with Gasteiger partial charge in [-0.05, 0) is 49.4 Å². The van der Waals surface area contributed by atoms with E-state index >= 15 is 0 Å². The molecule has 6 nitrogen and oxygen atoms in total. The number of aromatic nitrogens is 1. The van der Waals surface area contributed by atoms with E-state index in [1.165, 1.54) is 61.8 Å². The smallest absolute Gasteiger partial charge is 0.279 e. The number of hydrogen-bond donors (Lipinski definition) is 0. The van der Waals surface area contributed by atoms with Crippen LogP contribution in [0.5, 0.6) is 0 Å². The third-order valence-corrected chi connectivity index (χ3v) is 6.91. The number of fused-ring (bicyclic) bond motifs is 1. The Morgan fingerprint density at radius 2 is 1.85 bits per heavy atom. The van der Waals surface area contributed by atoms with Crippen molar-refractivity contribution in [3.63, 3.8) is 0 Å². The van der Waals surface area contributed by atoms with E-state index in [2.05, 4.69) is 4.99 Å². The van der Waals surface area contributed by atoms with Gasteiger partial charge in [-0.15, -0.1) is 0 Å². The molecule has 0 saturated carbocycles. The van der Waals surface area contributed by atoms with Crippen molar-refractivity contribution in [2.24, 2.45) is 4.99 Å². The summed E-state index contributed by atoms with van der Waals surface area (Å²) in [6, 6.07) is 10.1. The fraction of sp³-hybridized carbons (Fsp3) is 0.222. The monoisotopic (exact) mass is 407 g/mol. The van der Waals surface area contributed by atoms with Crippen molar-refractivity contribution in [2.75, 3.05) is 14.1 Å². The van der Waals surface area contributed by atoms with E-state index in [1.54, 1.807) is 6.07 Å². The predicted octanol–water partition coefficient (Wildman–Crippen LogP) is 2.85. The highest BCUT2D eigenvalue weighted by Crippen LogP contribution is 2.19. The molecule has 2 aromatic carbocycles. The van der Waals surface area contributed by atoms with E-state index in [4.69, 9.17) is 0 Å². The minimum absolute atomic E-state index is 0.102. The Bertz CT molecular complexity index is 1180. The molecule has 0 fully saturated rings. The number of halogens is 1. The molecular formula is C18H18FN3O3S2. The quantitative estimate of drug-likeness (QED) is 0.668. The molecule has 0 N–H and O–H groups in total. The van der Waals surface area contributed by atoms with Gasteiger partial charge in [-0.1, -0.05) is 11.3 Å². The van der Waals surface area contributed by atoms with E-state index in [0.29, 0.717) is 16.0 Å². The summed E-state index contributed by atoms with van der Waals surface area (Å²) < 4.78 is 41.3. The number of hydrogen-bond acceptors (Lipinski definition) is 4. The number of carbonyl (C=O) groups excluding carboxylic acids is 1. The first-order valence-corrected chi connectivity index (χ1v) is 10.4. The number of aryl methyl sites for hydroxylation is 1. The van der Waals surface area contributed by atoms with Gasteiger partial charge < -0.3 is 4.57 Å². The average molecular weight is 407 g/mol. The first-order valence-electron chi connectivity index (χ1n) is 8.14. The van der Waals surface area contributed by atoms with Crippen LogP contribution in [0.3, 0.4) is 0 Å². The zero-order valence-electron chi connectivity index (χ0n) is 15.0. The first kappa shape index (κ1) is 19.4. The molecule has 0 aliphatic heterocycles. The van der Waals surface area contributed by atoms with Gasteiger partial charge in [0.25, 0.3) is 5.91 Å². The molecule has 1 heterocycles. The van der Waals surface area contributed by atoms with E-state index in [9.17, 15) is 17.6 Å². The Labute approximate surface area is 160 Å². The Balaban J connectivity index is 2.01. The minimum Gasteiger partial charge on any atom is -0.317 e. The van der Waals surface area contributed by atoms with Crippen molar-refractivity contribution in [3.05, 3.63) is 58.6 Å². The van der Waals surface area contributed by atoms with E-state index in [-0.39, 0.29) is 16.3 Å². The summed E-state index contributed by atoms with van der Waals surface area (Å²) >= 11 is 1.23. The second-order valence-electron chi connectivity index (χ2n) is 5.97. The predicted molar refractivity (Wildman–Crippen MR) is 103 cm³/mol. The topological polar surface area (TPSA) is 71.7 Å². The van der Waals surface area contributed by atoms with Crippen molar-refractivity contribution in [1.82, 2.24) is 8.87 Å². The van der Waals surface area contributed by atoms with Crippen molar-refractivity contribution in [2.45, 2.75) is 18.4 Å². The fourth-order valence-corrected chi connectivity index (χ4v) is 4.59. The number of thiazole rings is 1. The van der Waals surface area contributed by atoms with Crippen molar-refractivity contribution >= 4 is 37.5 Å². The summed E-state index contributed by atoms with van der Waals surface area (Å²) in [5.41, 5.74) is 1.09. The zero-order valence-corrected chi connectivity index (χ0v) is 16.6. The SMILES string of the molecule is CCn1c(=NC(=O)c2ccc(S(=O)(=O)N(C)C)cc2)sc2cc(F)ccc21. The van der Waals surface area contributed by atoms with Gasteiger partial charge in [0.15, 0.2) is 4.80 Å². The Kier molecular flexibility index (Phi) is 5.27. The number of benzene rings is 2. The van der Waals surface area contributed by atoms with Gasteiger partial charge in [0.2, 0.25) is 10.0 Å². The molecule has 3 rings (SSSR count). The third-order valence-electron chi connectivity index (χ3n) is 4.04. The fourth-order valence-electron chi connectivity index (χ4n) is 2.57. The lowest BCUT2D eigenvalue weighted by atomic mass is 10.2. The van der Waals surface area contributed by atoms with Crippen LogP contribution in [-0.4, -0.2) is 37.3 Å². The van der Waals surface area contributed by atoms with Gasteiger partial charge >= 0.3 is 0 Å². The third kappa shape index (κ3) is 3.71. The molecule has 0 saturated heterocycles. The normalized spacial score (nSPS) is 12.9. The maximum absolute atomic E-state index is 13.4. The highest BCUT2D eigenvalue weighted by molar-refractivity contribution is 7.89. The van der Waals surface area contributed by atoms with E-state index in [0.717, 1.165) is 9.82 Å². The molecule has 9 heteroatoms. The lowest BCUT2D eigenvalue weighted by molar-refractivity contribution is 0.0997. The Hall–Kier alpha value is -2.36. The molecule has 0 aliphatic carbocycles. The van der Waals surface area contributed by atoms with Crippen LogP contribution in [0.25, 0.3) is 10.2 Å². The first-order chi connectivity index (χ1) is 12.7. The second kappa shape index (κ2) is 7.34. The second-order valence-corrected chi connectivity index (χ2v) is 9.13. The average Bonchev–Trinajstić information content (AvgIpc) is 2.97. The summed E-state index contributed by atoms with van der Waals surface area (Å²) in [5.74, 6) is -0.833. The van der Waals surface area contributed by atoms with Gasteiger partial charge in [0, 0.05) is 26.2 Å². The number of nitrogens with zero attached hydrogens (tertiary/aromatic N) is 3. The van der Waals surface area contributed by atoms with Gasteiger partial charge in [-0.2, -0.15) is 4.99 Å². The van der Waals surface area contributed by atoms with Crippen LogP contribution in [0.4, 0.5) is 4.39 Å². The standard InChI is InChI=1S/C18H18FN3O3S2/c1-4-22-15-10-7-13(19)11-16(15)26-18(22)20-17(23)12-5-8-14(9-6-12)27(24,25)21(2)3/h5-11H,4H2,1-3H3. The molecule has 27 heavy (non-hydrogen) atoms. The summed E-state index contributed by atoms with van der Waals surface area (Å²) in [6.45, 7) is 2.50. The van der Waals surface area contributed by atoms with Crippen LogP contribution < -0.4 is 4.80 Å². The van der Waals surface area contributed by atoms with Crippen LogP contribution in [0.15, 0.2) is 52.4 Å². The lowest BCUT2D eigenvalue weighted by Gasteiger charge is -2.11. The molecule has 1 aromatic heterocycles.